The van der Waals surface area contributed by atoms with E-state index in [9.17, 15) is 4.79 Å². The van der Waals surface area contributed by atoms with Gasteiger partial charge in [-0.1, -0.05) is 0 Å². The summed E-state index contributed by atoms with van der Waals surface area (Å²) in [6.07, 6.45) is 2.42. The smallest absolute Gasteiger partial charge is 0.308 e. The number of aromatic nitrogens is 1. The van der Waals surface area contributed by atoms with E-state index in [4.69, 9.17) is 5.11 Å². The van der Waals surface area contributed by atoms with E-state index < -0.39 is 5.97 Å². The highest BCUT2D eigenvalue weighted by atomic mass is 32.1. The van der Waals surface area contributed by atoms with Gasteiger partial charge in [0.15, 0.2) is 5.13 Å². The Bertz CT molecular complexity index is 383. The third kappa shape index (κ3) is 2.28. The molecule has 5 heteroatoms. The van der Waals surface area contributed by atoms with Crippen molar-refractivity contribution in [1.29, 1.82) is 0 Å². The van der Waals surface area contributed by atoms with E-state index in [1.165, 1.54) is 11.3 Å². The van der Waals surface area contributed by atoms with Crippen LogP contribution in [0.5, 0.6) is 0 Å². The number of rotatable bonds is 4. The van der Waals surface area contributed by atoms with Crippen molar-refractivity contribution in [3.63, 3.8) is 0 Å². The minimum atomic E-state index is -0.772. The van der Waals surface area contributed by atoms with Crippen molar-refractivity contribution in [2.45, 2.75) is 25.2 Å². The average molecular weight is 226 g/mol. The van der Waals surface area contributed by atoms with Crippen LogP contribution in [-0.4, -0.2) is 30.2 Å². The van der Waals surface area contributed by atoms with Crippen LogP contribution in [0.2, 0.25) is 0 Å². The van der Waals surface area contributed by atoms with Gasteiger partial charge in [0.25, 0.3) is 0 Å². The van der Waals surface area contributed by atoms with Crippen LogP contribution in [-0.2, 0) is 11.2 Å². The van der Waals surface area contributed by atoms with Gasteiger partial charge in [-0.15, -0.1) is 11.3 Å². The second-order valence-corrected chi connectivity index (χ2v) is 5.11. The number of nitrogens with zero attached hydrogens (tertiary/aromatic N) is 2. The molecule has 82 valence electrons. The normalized spacial score (nSPS) is 15.3. The lowest BCUT2D eigenvalue weighted by molar-refractivity contribution is -0.136. The second-order valence-electron chi connectivity index (χ2n) is 4.04. The van der Waals surface area contributed by atoms with E-state index in [1.54, 1.807) is 0 Å². The Balaban J connectivity index is 2.28. The van der Waals surface area contributed by atoms with Gasteiger partial charge in [-0.3, -0.25) is 4.79 Å². The van der Waals surface area contributed by atoms with E-state index in [-0.39, 0.29) is 6.42 Å². The lowest BCUT2D eigenvalue weighted by Gasteiger charge is -2.05. The molecule has 0 aromatic carbocycles. The van der Waals surface area contributed by atoms with Gasteiger partial charge in [0.2, 0.25) is 0 Å². The van der Waals surface area contributed by atoms with Crippen LogP contribution in [0.25, 0.3) is 0 Å². The second kappa shape index (κ2) is 3.81. The lowest BCUT2D eigenvalue weighted by atomic mass is 10.2. The number of carboxylic acid groups (broad SMARTS) is 1. The Morgan fingerprint density at radius 2 is 2.27 bits per heavy atom. The SMILES string of the molecule is CN(C)c1nc(C2CC2)c(CC(=O)O)s1. The van der Waals surface area contributed by atoms with Crippen molar-refractivity contribution >= 4 is 22.4 Å². The number of carboxylic acids is 1. The van der Waals surface area contributed by atoms with E-state index in [2.05, 4.69) is 4.98 Å². The summed E-state index contributed by atoms with van der Waals surface area (Å²) in [7, 11) is 3.86. The summed E-state index contributed by atoms with van der Waals surface area (Å²) in [6.45, 7) is 0. The lowest BCUT2D eigenvalue weighted by Crippen LogP contribution is -2.07. The molecule has 1 N–H and O–H groups in total. The molecule has 0 radical (unpaired) electrons. The summed E-state index contributed by atoms with van der Waals surface area (Å²) in [5.41, 5.74) is 1.02. The molecule has 0 amide bonds. The van der Waals surface area contributed by atoms with Crippen LogP contribution in [0, 0.1) is 0 Å². The van der Waals surface area contributed by atoms with Crippen LogP contribution in [0.1, 0.15) is 29.3 Å². The molecule has 0 spiro atoms. The van der Waals surface area contributed by atoms with Gasteiger partial charge >= 0.3 is 5.97 Å². The third-order valence-electron chi connectivity index (χ3n) is 2.37. The summed E-state index contributed by atoms with van der Waals surface area (Å²) in [6, 6.07) is 0. The van der Waals surface area contributed by atoms with Gasteiger partial charge in [0.1, 0.15) is 0 Å². The summed E-state index contributed by atoms with van der Waals surface area (Å²) < 4.78 is 0. The third-order valence-corrected chi connectivity index (χ3v) is 3.61. The summed E-state index contributed by atoms with van der Waals surface area (Å²) in [5, 5.41) is 9.72. The van der Waals surface area contributed by atoms with Crippen LogP contribution >= 0.6 is 11.3 Å². The van der Waals surface area contributed by atoms with Gasteiger partial charge in [-0.25, -0.2) is 4.98 Å². The Hall–Kier alpha value is -1.10. The highest BCUT2D eigenvalue weighted by Gasteiger charge is 2.30. The maximum Gasteiger partial charge on any atom is 0.308 e. The van der Waals surface area contributed by atoms with E-state index >= 15 is 0 Å². The van der Waals surface area contributed by atoms with E-state index in [0.717, 1.165) is 28.5 Å². The molecular weight excluding hydrogens is 212 g/mol. The molecule has 1 aromatic rings. The van der Waals surface area contributed by atoms with Crippen molar-refractivity contribution in [3.05, 3.63) is 10.6 Å². The molecule has 4 nitrogen and oxygen atoms in total. The number of anilines is 1. The van der Waals surface area contributed by atoms with E-state index in [0.29, 0.717) is 5.92 Å². The summed E-state index contributed by atoms with van der Waals surface area (Å²) in [5.74, 6) is -0.254. The molecule has 1 heterocycles. The van der Waals surface area contributed by atoms with Crippen LogP contribution in [0.3, 0.4) is 0 Å². The minimum absolute atomic E-state index is 0.108. The number of hydrogen-bond acceptors (Lipinski definition) is 4. The fourth-order valence-electron chi connectivity index (χ4n) is 1.48. The van der Waals surface area contributed by atoms with Crippen molar-refractivity contribution in [2.24, 2.45) is 0 Å². The standard InChI is InChI=1S/C10H14N2O2S/c1-12(2)10-11-9(6-3-4-6)7(15-10)5-8(13)14/h6H,3-5H2,1-2H3,(H,13,14). The number of aliphatic carboxylic acids is 1. The maximum atomic E-state index is 10.7. The zero-order valence-corrected chi connectivity index (χ0v) is 9.67. The average Bonchev–Trinajstić information content (AvgIpc) is 2.88. The highest BCUT2D eigenvalue weighted by Crippen LogP contribution is 2.44. The first-order chi connectivity index (χ1) is 7.08. The van der Waals surface area contributed by atoms with Crippen molar-refractivity contribution in [3.8, 4) is 0 Å². The Kier molecular flexibility index (Phi) is 2.65. The van der Waals surface area contributed by atoms with E-state index in [1.807, 2.05) is 19.0 Å². The predicted molar refractivity (Wildman–Crippen MR) is 59.8 cm³/mol. The number of thiazole rings is 1. The number of hydrogen-bond donors (Lipinski definition) is 1. The fourth-order valence-corrected chi connectivity index (χ4v) is 2.54. The van der Waals surface area contributed by atoms with Gasteiger partial charge in [-0.2, -0.15) is 0 Å². The van der Waals surface area contributed by atoms with Crippen molar-refractivity contribution in [1.82, 2.24) is 4.98 Å². The van der Waals surface area contributed by atoms with Gasteiger partial charge < -0.3 is 10.0 Å². The molecule has 0 aliphatic heterocycles. The molecule has 2 rings (SSSR count). The molecule has 0 bridgehead atoms. The largest absolute Gasteiger partial charge is 0.481 e. The predicted octanol–water partition coefficient (Wildman–Crippen LogP) is 1.71. The Labute approximate surface area is 92.6 Å². The number of carbonyl (C=O) groups is 1. The summed E-state index contributed by atoms with van der Waals surface area (Å²) in [4.78, 5) is 18.1. The fraction of sp³-hybridized carbons (Fsp3) is 0.600. The first-order valence-corrected chi connectivity index (χ1v) is 5.78. The molecule has 1 aliphatic carbocycles. The first-order valence-electron chi connectivity index (χ1n) is 4.96. The van der Waals surface area contributed by atoms with Crippen molar-refractivity contribution < 1.29 is 9.90 Å². The topological polar surface area (TPSA) is 53.4 Å². The van der Waals surface area contributed by atoms with Gasteiger partial charge in [0.05, 0.1) is 12.1 Å². The molecule has 1 aromatic heterocycles. The molecule has 0 saturated heterocycles. The van der Waals surface area contributed by atoms with Gasteiger partial charge in [-0.05, 0) is 12.8 Å². The minimum Gasteiger partial charge on any atom is -0.481 e. The molecular formula is C10H14N2O2S. The zero-order valence-electron chi connectivity index (χ0n) is 8.86. The van der Waals surface area contributed by atoms with Crippen LogP contribution < -0.4 is 4.90 Å². The monoisotopic (exact) mass is 226 g/mol. The Morgan fingerprint density at radius 3 is 2.73 bits per heavy atom. The highest BCUT2D eigenvalue weighted by molar-refractivity contribution is 7.15. The van der Waals surface area contributed by atoms with Crippen molar-refractivity contribution in [2.75, 3.05) is 19.0 Å². The molecule has 0 atom stereocenters. The van der Waals surface area contributed by atoms with Crippen LogP contribution in [0.4, 0.5) is 5.13 Å². The summed E-state index contributed by atoms with van der Waals surface area (Å²) >= 11 is 1.50. The first kappa shape index (κ1) is 10.4. The molecule has 1 saturated carbocycles. The zero-order chi connectivity index (χ0) is 11.0. The maximum absolute atomic E-state index is 10.7. The molecule has 0 unspecified atom stereocenters. The van der Waals surface area contributed by atoms with Gasteiger partial charge in [0, 0.05) is 24.9 Å². The molecule has 1 aliphatic rings. The quantitative estimate of drug-likeness (QED) is 0.849. The van der Waals surface area contributed by atoms with Crippen LogP contribution in [0.15, 0.2) is 0 Å². The Morgan fingerprint density at radius 1 is 1.60 bits per heavy atom. The molecule has 15 heavy (non-hydrogen) atoms. The molecule has 1 fully saturated rings.